The van der Waals surface area contributed by atoms with Gasteiger partial charge in [-0.3, -0.25) is 9.69 Å². The number of hydrogen-bond donors (Lipinski definition) is 2. The molecule has 1 aliphatic heterocycles. The molecule has 0 fully saturated rings. The van der Waals surface area contributed by atoms with E-state index in [1.807, 2.05) is 50.2 Å². The molecule has 29 heavy (non-hydrogen) atoms. The Morgan fingerprint density at radius 3 is 2.76 bits per heavy atom. The summed E-state index contributed by atoms with van der Waals surface area (Å²) in [4.78, 5) is 22.5. The Morgan fingerprint density at radius 1 is 1.21 bits per heavy atom. The SMILES string of the molecule is CCOc1cccc(CN2CCc3c(nc(-c4ccc(C)cc4)[nH]c3=O)C2)c1O. The number of H-pyrrole nitrogens is 1. The van der Waals surface area contributed by atoms with E-state index in [-0.39, 0.29) is 11.3 Å². The number of aromatic hydroxyl groups is 1. The Labute approximate surface area is 169 Å². The second kappa shape index (κ2) is 8.09. The van der Waals surface area contributed by atoms with Crippen LogP contribution in [0, 0.1) is 6.92 Å². The zero-order chi connectivity index (χ0) is 20.4. The first-order valence-electron chi connectivity index (χ1n) is 9.90. The molecule has 4 rings (SSSR count). The highest BCUT2D eigenvalue weighted by molar-refractivity contribution is 5.55. The number of benzene rings is 2. The molecule has 3 aromatic rings. The molecule has 2 N–H and O–H groups in total. The molecule has 1 aromatic heterocycles. The summed E-state index contributed by atoms with van der Waals surface area (Å²) in [5.41, 5.74) is 4.36. The van der Waals surface area contributed by atoms with Crippen LogP contribution in [0.5, 0.6) is 11.5 Å². The molecule has 0 spiro atoms. The number of aryl methyl sites for hydroxylation is 1. The number of rotatable bonds is 5. The molecule has 0 radical (unpaired) electrons. The molecule has 6 nitrogen and oxygen atoms in total. The zero-order valence-electron chi connectivity index (χ0n) is 16.7. The quantitative estimate of drug-likeness (QED) is 0.697. The van der Waals surface area contributed by atoms with E-state index in [0.29, 0.717) is 37.7 Å². The molecule has 0 saturated heterocycles. The van der Waals surface area contributed by atoms with Crippen LogP contribution in [0.3, 0.4) is 0 Å². The highest BCUT2D eigenvalue weighted by atomic mass is 16.5. The number of ether oxygens (including phenoxy) is 1. The van der Waals surface area contributed by atoms with Gasteiger partial charge in [0, 0.05) is 36.3 Å². The average molecular weight is 391 g/mol. The summed E-state index contributed by atoms with van der Waals surface area (Å²) in [6.45, 7) is 6.29. The Balaban J connectivity index is 1.59. The van der Waals surface area contributed by atoms with Gasteiger partial charge in [0.05, 0.1) is 12.3 Å². The van der Waals surface area contributed by atoms with Crippen molar-refractivity contribution in [2.24, 2.45) is 0 Å². The third-order valence-corrected chi connectivity index (χ3v) is 5.25. The van der Waals surface area contributed by atoms with Gasteiger partial charge in [-0.1, -0.05) is 42.0 Å². The predicted octanol–water partition coefficient (Wildman–Crippen LogP) is 3.41. The molecule has 0 atom stereocenters. The molecule has 150 valence electrons. The van der Waals surface area contributed by atoms with Gasteiger partial charge < -0.3 is 14.8 Å². The van der Waals surface area contributed by atoms with E-state index in [1.165, 1.54) is 0 Å². The monoisotopic (exact) mass is 391 g/mol. The summed E-state index contributed by atoms with van der Waals surface area (Å²) in [5.74, 6) is 1.27. The molecule has 2 heterocycles. The van der Waals surface area contributed by atoms with E-state index in [0.717, 1.165) is 34.5 Å². The van der Waals surface area contributed by atoms with Crippen molar-refractivity contribution in [2.75, 3.05) is 13.2 Å². The fourth-order valence-corrected chi connectivity index (χ4v) is 3.69. The van der Waals surface area contributed by atoms with Gasteiger partial charge >= 0.3 is 0 Å². The van der Waals surface area contributed by atoms with Gasteiger partial charge in [-0.05, 0) is 26.3 Å². The van der Waals surface area contributed by atoms with Gasteiger partial charge in [-0.15, -0.1) is 0 Å². The topological polar surface area (TPSA) is 78.5 Å². The van der Waals surface area contributed by atoms with Crippen LogP contribution in [-0.4, -0.2) is 33.1 Å². The van der Waals surface area contributed by atoms with Gasteiger partial charge in [-0.2, -0.15) is 0 Å². The Kier molecular flexibility index (Phi) is 5.36. The molecule has 0 unspecified atom stereocenters. The van der Waals surface area contributed by atoms with Crippen molar-refractivity contribution in [1.82, 2.24) is 14.9 Å². The van der Waals surface area contributed by atoms with Crippen molar-refractivity contribution >= 4 is 0 Å². The minimum Gasteiger partial charge on any atom is -0.504 e. The molecule has 0 aliphatic carbocycles. The predicted molar refractivity (Wildman–Crippen MR) is 112 cm³/mol. The van der Waals surface area contributed by atoms with Gasteiger partial charge in [-0.25, -0.2) is 4.98 Å². The standard InChI is InChI=1S/C23H25N3O3/c1-3-29-20-6-4-5-17(21(20)27)13-26-12-11-18-19(14-26)24-22(25-23(18)28)16-9-7-15(2)8-10-16/h4-10,27H,3,11-14H2,1-2H3,(H,24,25,28). The first-order valence-corrected chi connectivity index (χ1v) is 9.90. The normalized spacial score (nSPS) is 13.9. The highest BCUT2D eigenvalue weighted by Crippen LogP contribution is 2.31. The van der Waals surface area contributed by atoms with Crippen molar-refractivity contribution < 1.29 is 9.84 Å². The highest BCUT2D eigenvalue weighted by Gasteiger charge is 2.22. The number of aromatic nitrogens is 2. The van der Waals surface area contributed by atoms with Crippen molar-refractivity contribution in [3.05, 3.63) is 75.2 Å². The van der Waals surface area contributed by atoms with Gasteiger partial charge in [0.1, 0.15) is 5.82 Å². The molecule has 1 aliphatic rings. The fraction of sp³-hybridized carbons (Fsp3) is 0.304. The van der Waals surface area contributed by atoms with E-state index < -0.39 is 0 Å². The third-order valence-electron chi connectivity index (χ3n) is 5.25. The van der Waals surface area contributed by atoms with Crippen molar-refractivity contribution in [3.63, 3.8) is 0 Å². The zero-order valence-corrected chi connectivity index (χ0v) is 16.7. The summed E-state index contributed by atoms with van der Waals surface area (Å²) in [6, 6.07) is 13.5. The van der Waals surface area contributed by atoms with Crippen LogP contribution in [0.25, 0.3) is 11.4 Å². The lowest BCUT2D eigenvalue weighted by molar-refractivity contribution is 0.235. The summed E-state index contributed by atoms with van der Waals surface area (Å²) >= 11 is 0. The molecule has 0 bridgehead atoms. The Hall–Kier alpha value is -3.12. The number of nitrogens with one attached hydrogen (secondary N) is 1. The molecule has 0 amide bonds. The van der Waals surface area contributed by atoms with Crippen molar-refractivity contribution in [3.8, 4) is 22.9 Å². The van der Waals surface area contributed by atoms with Crippen LogP contribution in [0.2, 0.25) is 0 Å². The molecular formula is C23H25N3O3. The number of hydrogen-bond acceptors (Lipinski definition) is 5. The second-order valence-electron chi connectivity index (χ2n) is 7.36. The maximum absolute atomic E-state index is 12.6. The van der Waals surface area contributed by atoms with Crippen LogP contribution in [0.4, 0.5) is 0 Å². The second-order valence-corrected chi connectivity index (χ2v) is 7.36. The van der Waals surface area contributed by atoms with Gasteiger partial charge in [0.15, 0.2) is 11.5 Å². The van der Waals surface area contributed by atoms with Crippen LogP contribution in [0.1, 0.15) is 29.3 Å². The third kappa shape index (κ3) is 4.03. The van der Waals surface area contributed by atoms with Crippen LogP contribution in [0.15, 0.2) is 47.3 Å². The fourth-order valence-electron chi connectivity index (χ4n) is 3.69. The number of para-hydroxylation sites is 1. The number of phenolic OH excluding ortho intramolecular Hbond substituents is 1. The van der Waals surface area contributed by atoms with Gasteiger partial charge in [0.2, 0.25) is 0 Å². The number of nitrogens with zero attached hydrogens (tertiary/aromatic N) is 2. The Morgan fingerprint density at radius 2 is 2.00 bits per heavy atom. The molecule has 0 saturated carbocycles. The number of phenols is 1. The minimum absolute atomic E-state index is 0.0635. The summed E-state index contributed by atoms with van der Waals surface area (Å²) in [6.07, 6.45) is 0.637. The van der Waals surface area contributed by atoms with E-state index >= 15 is 0 Å². The van der Waals surface area contributed by atoms with E-state index in [2.05, 4.69) is 9.88 Å². The van der Waals surface area contributed by atoms with Crippen LogP contribution < -0.4 is 10.3 Å². The lowest BCUT2D eigenvalue weighted by Gasteiger charge is -2.28. The van der Waals surface area contributed by atoms with Gasteiger partial charge in [0.25, 0.3) is 5.56 Å². The number of aromatic amines is 1. The Bertz CT molecular complexity index is 1070. The maximum atomic E-state index is 12.6. The molecular weight excluding hydrogens is 366 g/mol. The van der Waals surface area contributed by atoms with E-state index in [4.69, 9.17) is 9.72 Å². The average Bonchev–Trinajstić information content (AvgIpc) is 2.71. The maximum Gasteiger partial charge on any atom is 0.254 e. The van der Waals surface area contributed by atoms with Crippen LogP contribution in [-0.2, 0) is 19.5 Å². The van der Waals surface area contributed by atoms with Crippen LogP contribution >= 0.6 is 0 Å². The number of fused-ring (bicyclic) bond motifs is 1. The van der Waals surface area contributed by atoms with Crippen molar-refractivity contribution in [2.45, 2.75) is 33.4 Å². The smallest absolute Gasteiger partial charge is 0.254 e. The van der Waals surface area contributed by atoms with E-state index in [1.54, 1.807) is 6.07 Å². The largest absolute Gasteiger partial charge is 0.504 e. The molecule has 2 aromatic carbocycles. The lowest BCUT2D eigenvalue weighted by atomic mass is 10.0. The summed E-state index contributed by atoms with van der Waals surface area (Å²) < 4.78 is 5.49. The first-order chi connectivity index (χ1) is 14.0. The lowest BCUT2D eigenvalue weighted by Crippen LogP contribution is -2.35. The first kappa shape index (κ1) is 19.2. The summed E-state index contributed by atoms with van der Waals surface area (Å²) in [5, 5.41) is 10.5. The van der Waals surface area contributed by atoms with Crippen molar-refractivity contribution in [1.29, 1.82) is 0 Å². The summed E-state index contributed by atoms with van der Waals surface area (Å²) in [7, 11) is 0. The molecule has 6 heteroatoms. The minimum atomic E-state index is -0.0635. The van der Waals surface area contributed by atoms with E-state index in [9.17, 15) is 9.90 Å².